The van der Waals surface area contributed by atoms with E-state index in [9.17, 15) is 0 Å². The fraction of sp³-hybridized carbons (Fsp3) is 0.538. The maximum Gasteiger partial charge on any atom is 0.0367 e. The Morgan fingerprint density at radius 1 is 1.33 bits per heavy atom. The van der Waals surface area contributed by atoms with E-state index in [4.69, 9.17) is 5.73 Å². The molecule has 1 aromatic rings. The number of nitrogen functional groups attached to an aromatic ring is 1. The lowest BCUT2D eigenvalue weighted by atomic mass is 10.1. The maximum atomic E-state index is 5.94. The van der Waals surface area contributed by atoms with Gasteiger partial charge in [-0.05, 0) is 37.5 Å². The number of nitrogens with two attached hydrogens (primary N) is 1. The van der Waals surface area contributed by atoms with Crippen LogP contribution in [0.5, 0.6) is 0 Å². The fourth-order valence-electron chi connectivity index (χ4n) is 1.80. The second kappa shape index (κ2) is 5.64. The molecule has 1 atom stereocenters. The van der Waals surface area contributed by atoms with Crippen molar-refractivity contribution in [3.05, 3.63) is 23.8 Å². The minimum absolute atomic E-state index is 0.516. The second-order valence-electron chi connectivity index (χ2n) is 4.10. The van der Waals surface area contributed by atoms with Gasteiger partial charge in [-0.15, -0.1) is 0 Å². The van der Waals surface area contributed by atoms with Gasteiger partial charge in [-0.2, -0.15) is 0 Å². The van der Waals surface area contributed by atoms with Crippen LogP contribution in [0, 0.1) is 0 Å². The van der Waals surface area contributed by atoms with Crippen LogP contribution in [0.15, 0.2) is 18.2 Å². The normalized spacial score (nSPS) is 12.5. The minimum Gasteiger partial charge on any atom is -0.398 e. The first-order valence-electron chi connectivity index (χ1n) is 5.82. The molecule has 2 nitrogen and oxygen atoms in total. The highest BCUT2D eigenvalue weighted by atomic mass is 14.9. The number of aryl methyl sites for hydroxylation is 1. The van der Waals surface area contributed by atoms with Crippen molar-refractivity contribution in [2.24, 2.45) is 0 Å². The van der Waals surface area contributed by atoms with Gasteiger partial charge in [0.15, 0.2) is 0 Å². The molecule has 0 saturated carbocycles. The Labute approximate surface area is 92.9 Å². The number of hydrogen-bond acceptors (Lipinski definition) is 2. The smallest absolute Gasteiger partial charge is 0.0367 e. The highest BCUT2D eigenvalue weighted by Gasteiger charge is 2.02. The fourth-order valence-corrected chi connectivity index (χ4v) is 1.80. The van der Waals surface area contributed by atoms with Crippen molar-refractivity contribution in [3.8, 4) is 0 Å². The molecule has 1 rings (SSSR count). The molecule has 1 aromatic carbocycles. The summed E-state index contributed by atoms with van der Waals surface area (Å²) in [5.74, 6) is 0. The van der Waals surface area contributed by atoms with Crippen molar-refractivity contribution in [1.29, 1.82) is 0 Å². The summed E-state index contributed by atoms with van der Waals surface area (Å²) >= 11 is 0. The molecule has 3 N–H and O–H groups in total. The van der Waals surface area contributed by atoms with E-state index in [0.717, 1.165) is 17.8 Å². The van der Waals surface area contributed by atoms with Gasteiger partial charge in [0.25, 0.3) is 0 Å². The largest absolute Gasteiger partial charge is 0.398 e. The number of nitrogens with one attached hydrogen (secondary N) is 1. The lowest BCUT2D eigenvalue weighted by Crippen LogP contribution is -2.14. The topological polar surface area (TPSA) is 38.0 Å². The van der Waals surface area contributed by atoms with Crippen molar-refractivity contribution in [2.45, 2.75) is 46.1 Å². The van der Waals surface area contributed by atoms with Crippen LogP contribution in [-0.4, -0.2) is 6.04 Å². The zero-order valence-electron chi connectivity index (χ0n) is 10.0. The first-order chi connectivity index (χ1) is 7.17. The lowest BCUT2D eigenvalue weighted by Gasteiger charge is -2.15. The molecule has 0 aliphatic carbocycles. The van der Waals surface area contributed by atoms with Crippen LogP contribution in [-0.2, 0) is 6.42 Å². The van der Waals surface area contributed by atoms with Crippen molar-refractivity contribution in [1.82, 2.24) is 0 Å². The molecule has 0 saturated heterocycles. The van der Waals surface area contributed by atoms with Crippen LogP contribution in [0.25, 0.3) is 0 Å². The van der Waals surface area contributed by atoms with Gasteiger partial charge in [-0.1, -0.05) is 26.3 Å². The monoisotopic (exact) mass is 206 g/mol. The Balaban J connectivity index is 2.66. The highest BCUT2D eigenvalue weighted by molar-refractivity contribution is 5.59. The summed E-state index contributed by atoms with van der Waals surface area (Å²) in [5, 5.41) is 3.45. The van der Waals surface area contributed by atoms with E-state index < -0.39 is 0 Å². The summed E-state index contributed by atoms with van der Waals surface area (Å²) in [6.45, 7) is 6.53. The van der Waals surface area contributed by atoms with Gasteiger partial charge < -0.3 is 11.1 Å². The average molecular weight is 206 g/mol. The zero-order valence-corrected chi connectivity index (χ0v) is 10.0. The summed E-state index contributed by atoms with van der Waals surface area (Å²) in [6.07, 6.45) is 3.39. The molecule has 0 bridgehead atoms. The number of benzene rings is 1. The third-order valence-corrected chi connectivity index (χ3v) is 2.66. The van der Waals surface area contributed by atoms with Crippen LogP contribution in [0.4, 0.5) is 11.4 Å². The van der Waals surface area contributed by atoms with Crippen molar-refractivity contribution >= 4 is 11.4 Å². The number of rotatable bonds is 5. The lowest BCUT2D eigenvalue weighted by molar-refractivity contribution is 0.690. The van der Waals surface area contributed by atoms with Crippen LogP contribution >= 0.6 is 0 Å². The van der Waals surface area contributed by atoms with Gasteiger partial charge in [-0.25, -0.2) is 0 Å². The summed E-state index contributed by atoms with van der Waals surface area (Å²) < 4.78 is 0. The summed E-state index contributed by atoms with van der Waals surface area (Å²) in [4.78, 5) is 0. The summed E-state index contributed by atoms with van der Waals surface area (Å²) in [7, 11) is 0. The van der Waals surface area contributed by atoms with E-state index in [1.54, 1.807) is 0 Å². The Kier molecular flexibility index (Phi) is 4.47. The Morgan fingerprint density at radius 3 is 2.60 bits per heavy atom. The molecule has 0 radical (unpaired) electrons. The molecule has 15 heavy (non-hydrogen) atoms. The average Bonchev–Trinajstić information content (AvgIpc) is 2.18. The van der Waals surface area contributed by atoms with Crippen molar-refractivity contribution < 1.29 is 0 Å². The standard InChI is InChI=1S/C13H22N2/c1-4-6-10(3)15-12-8-7-11(5-2)13(14)9-12/h7-10,15H,4-6,14H2,1-3H3. The van der Waals surface area contributed by atoms with Gasteiger partial charge in [0.1, 0.15) is 0 Å². The Hall–Kier alpha value is -1.18. The molecule has 0 aliphatic heterocycles. The van der Waals surface area contributed by atoms with Crippen molar-refractivity contribution in [3.63, 3.8) is 0 Å². The third kappa shape index (κ3) is 3.46. The first-order valence-corrected chi connectivity index (χ1v) is 5.82. The molecule has 0 aliphatic rings. The SMILES string of the molecule is CCCC(C)Nc1ccc(CC)c(N)c1. The van der Waals surface area contributed by atoms with Crippen molar-refractivity contribution in [2.75, 3.05) is 11.1 Å². The van der Waals surface area contributed by atoms with Gasteiger partial charge in [0, 0.05) is 17.4 Å². The molecule has 1 unspecified atom stereocenters. The summed E-state index contributed by atoms with van der Waals surface area (Å²) in [5.41, 5.74) is 9.19. The predicted octanol–water partition coefficient (Wildman–Crippen LogP) is 3.43. The zero-order chi connectivity index (χ0) is 11.3. The van der Waals surface area contributed by atoms with Gasteiger partial charge in [0.05, 0.1) is 0 Å². The molecular weight excluding hydrogens is 184 g/mol. The molecule has 0 spiro atoms. The number of hydrogen-bond donors (Lipinski definition) is 2. The van der Waals surface area contributed by atoms with Gasteiger partial charge >= 0.3 is 0 Å². The van der Waals surface area contributed by atoms with Gasteiger partial charge in [0.2, 0.25) is 0 Å². The van der Waals surface area contributed by atoms with E-state index in [1.165, 1.54) is 18.4 Å². The van der Waals surface area contributed by atoms with Crippen LogP contribution in [0.3, 0.4) is 0 Å². The molecule has 84 valence electrons. The quantitative estimate of drug-likeness (QED) is 0.724. The van der Waals surface area contributed by atoms with E-state index in [0.29, 0.717) is 6.04 Å². The van der Waals surface area contributed by atoms with Crippen LogP contribution in [0.2, 0.25) is 0 Å². The molecule has 0 amide bonds. The van der Waals surface area contributed by atoms with Crippen LogP contribution in [0.1, 0.15) is 39.2 Å². The molecule has 0 fully saturated rings. The van der Waals surface area contributed by atoms with E-state index >= 15 is 0 Å². The molecule has 2 heteroatoms. The minimum atomic E-state index is 0.516. The highest BCUT2D eigenvalue weighted by Crippen LogP contribution is 2.19. The Bertz CT molecular complexity index is 307. The predicted molar refractivity (Wildman–Crippen MR) is 68.2 cm³/mol. The van der Waals surface area contributed by atoms with Crippen LogP contribution < -0.4 is 11.1 Å². The number of anilines is 2. The molecule has 0 aromatic heterocycles. The van der Waals surface area contributed by atoms with E-state index in [1.807, 2.05) is 6.07 Å². The first kappa shape index (κ1) is 11.9. The second-order valence-corrected chi connectivity index (χ2v) is 4.10. The molecule has 0 heterocycles. The third-order valence-electron chi connectivity index (χ3n) is 2.66. The molecular formula is C13H22N2. The van der Waals surface area contributed by atoms with Gasteiger partial charge in [-0.3, -0.25) is 0 Å². The van der Waals surface area contributed by atoms with E-state index in [2.05, 4.69) is 38.2 Å². The Morgan fingerprint density at radius 2 is 2.07 bits per heavy atom. The summed E-state index contributed by atoms with van der Waals surface area (Å²) in [6, 6.07) is 6.77. The maximum absolute atomic E-state index is 5.94. The van der Waals surface area contributed by atoms with E-state index in [-0.39, 0.29) is 0 Å².